The van der Waals surface area contributed by atoms with E-state index in [4.69, 9.17) is 4.74 Å². The van der Waals surface area contributed by atoms with Crippen molar-refractivity contribution >= 4 is 15.9 Å². The van der Waals surface area contributed by atoms with E-state index in [0.29, 0.717) is 0 Å². The van der Waals surface area contributed by atoms with Crippen LogP contribution in [0, 0.1) is 0 Å². The number of halogens is 3. The molecule has 7 nitrogen and oxygen atoms in total. The van der Waals surface area contributed by atoms with Gasteiger partial charge in [-0.15, -0.1) is 0 Å². The SMILES string of the molecule is CN(CC(=O)N1CC(Oc2cc(C(F)(F)F)ccn2)C1)S(C)(=O)=O. The minimum Gasteiger partial charge on any atom is -0.471 e. The number of ether oxygens (including phenoxy) is 1. The minimum absolute atomic E-state index is 0.161. The fraction of sp³-hybridized carbons (Fsp3) is 0.538. The number of rotatable bonds is 5. The first-order chi connectivity index (χ1) is 11.0. The third kappa shape index (κ3) is 4.57. The van der Waals surface area contributed by atoms with Gasteiger partial charge in [-0.1, -0.05) is 0 Å². The molecule has 11 heteroatoms. The van der Waals surface area contributed by atoms with E-state index in [0.717, 1.165) is 28.9 Å². The summed E-state index contributed by atoms with van der Waals surface area (Å²) in [5, 5.41) is 0. The molecule has 1 amide bonds. The van der Waals surface area contributed by atoms with Crippen LogP contribution < -0.4 is 4.74 Å². The zero-order chi connectivity index (χ0) is 18.1. The zero-order valence-corrected chi connectivity index (χ0v) is 13.8. The van der Waals surface area contributed by atoms with Gasteiger partial charge in [0.25, 0.3) is 0 Å². The standard InChI is InChI=1S/C13H16F3N3O4S/c1-18(24(2,21)22)8-12(20)19-6-10(7-19)23-11-5-9(3-4-17-11)13(14,15)16/h3-5,10H,6-8H2,1-2H3. The number of nitrogens with zero attached hydrogens (tertiary/aromatic N) is 3. The molecule has 0 spiro atoms. The van der Waals surface area contributed by atoms with Crippen molar-refractivity contribution in [2.75, 3.05) is 32.9 Å². The molecule has 24 heavy (non-hydrogen) atoms. The van der Waals surface area contributed by atoms with Crippen LogP contribution in [0.15, 0.2) is 18.3 Å². The number of hydrogen-bond donors (Lipinski definition) is 0. The first-order valence-corrected chi connectivity index (χ1v) is 8.70. The summed E-state index contributed by atoms with van der Waals surface area (Å²) in [5.74, 6) is -0.574. The molecule has 0 atom stereocenters. The molecule has 1 aliphatic rings. The first kappa shape index (κ1) is 18.5. The molecule has 0 radical (unpaired) electrons. The summed E-state index contributed by atoms with van der Waals surface area (Å²) in [6.07, 6.45) is -2.98. The van der Waals surface area contributed by atoms with E-state index in [1.165, 1.54) is 11.9 Å². The van der Waals surface area contributed by atoms with Gasteiger partial charge in [0, 0.05) is 19.3 Å². The molecule has 0 aromatic carbocycles. The van der Waals surface area contributed by atoms with Crippen molar-refractivity contribution in [1.29, 1.82) is 0 Å². The van der Waals surface area contributed by atoms with Gasteiger partial charge in [-0.3, -0.25) is 4.79 Å². The number of likely N-dealkylation sites (tertiary alicyclic amines) is 1. The lowest BCUT2D eigenvalue weighted by atomic mass is 10.1. The number of pyridine rings is 1. The Morgan fingerprint density at radius 3 is 2.62 bits per heavy atom. The summed E-state index contributed by atoms with van der Waals surface area (Å²) in [7, 11) is -2.17. The van der Waals surface area contributed by atoms with Crippen molar-refractivity contribution in [2.24, 2.45) is 0 Å². The van der Waals surface area contributed by atoms with Crippen molar-refractivity contribution in [1.82, 2.24) is 14.2 Å². The van der Waals surface area contributed by atoms with Gasteiger partial charge in [-0.2, -0.15) is 17.5 Å². The largest absolute Gasteiger partial charge is 0.471 e. The quantitative estimate of drug-likeness (QED) is 0.761. The van der Waals surface area contributed by atoms with E-state index in [9.17, 15) is 26.4 Å². The first-order valence-electron chi connectivity index (χ1n) is 6.86. The second kappa shape index (κ2) is 6.55. The zero-order valence-electron chi connectivity index (χ0n) is 12.9. The van der Waals surface area contributed by atoms with E-state index < -0.39 is 33.8 Å². The highest BCUT2D eigenvalue weighted by Crippen LogP contribution is 2.30. The summed E-state index contributed by atoms with van der Waals surface area (Å²) >= 11 is 0. The predicted octanol–water partition coefficient (Wildman–Crippen LogP) is 0.581. The Kier molecular flexibility index (Phi) is 5.04. The average Bonchev–Trinajstić information content (AvgIpc) is 2.40. The maximum absolute atomic E-state index is 12.6. The second-order valence-electron chi connectivity index (χ2n) is 5.44. The molecule has 2 heterocycles. The summed E-state index contributed by atoms with van der Waals surface area (Å²) < 4.78 is 66.5. The molecule has 134 valence electrons. The molecule has 1 aromatic rings. The topological polar surface area (TPSA) is 79.8 Å². The van der Waals surface area contributed by atoms with Crippen LogP contribution >= 0.6 is 0 Å². The molecule has 1 aromatic heterocycles. The molecular formula is C13H16F3N3O4S. The van der Waals surface area contributed by atoms with Gasteiger partial charge in [0.1, 0.15) is 6.10 Å². The minimum atomic E-state index is -4.49. The van der Waals surface area contributed by atoms with E-state index in [-0.39, 0.29) is 25.5 Å². The summed E-state index contributed by atoms with van der Waals surface area (Å²) in [4.78, 5) is 16.9. The van der Waals surface area contributed by atoms with Crippen molar-refractivity contribution in [3.63, 3.8) is 0 Å². The highest BCUT2D eigenvalue weighted by Gasteiger charge is 2.35. The Labute approximate surface area is 137 Å². The maximum Gasteiger partial charge on any atom is 0.416 e. The van der Waals surface area contributed by atoms with E-state index in [1.807, 2.05) is 0 Å². The Bertz CT molecular complexity index is 717. The Morgan fingerprint density at radius 2 is 2.08 bits per heavy atom. The third-order valence-electron chi connectivity index (χ3n) is 3.47. The van der Waals surface area contributed by atoms with Crippen LogP contribution in [-0.2, 0) is 21.0 Å². The molecule has 0 saturated carbocycles. The highest BCUT2D eigenvalue weighted by molar-refractivity contribution is 7.88. The van der Waals surface area contributed by atoms with Crippen LogP contribution in [0.25, 0.3) is 0 Å². The number of likely N-dealkylation sites (N-methyl/N-ethyl adjacent to an activating group) is 1. The smallest absolute Gasteiger partial charge is 0.416 e. The predicted molar refractivity (Wildman–Crippen MR) is 77.7 cm³/mol. The summed E-state index contributed by atoms with van der Waals surface area (Å²) in [6, 6.07) is 1.63. The van der Waals surface area contributed by atoms with Gasteiger partial charge in [0.15, 0.2) is 0 Å². The lowest BCUT2D eigenvalue weighted by molar-refractivity contribution is -0.140. The van der Waals surface area contributed by atoms with E-state index in [2.05, 4.69) is 4.98 Å². The number of sulfonamides is 1. The van der Waals surface area contributed by atoms with Crippen LogP contribution in [-0.4, -0.2) is 67.6 Å². The molecule has 1 fully saturated rings. The normalized spacial score (nSPS) is 16.2. The van der Waals surface area contributed by atoms with Crippen LogP contribution in [0.3, 0.4) is 0 Å². The molecule has 0 bridgehead atoms. The van der Waals surface area contributed by atoms with Crippen molar-refractivity contribution < 1.29 is 31.1 Å². The van der Waals surface area contributed by atoms with Crippen LogP contribution in [0.5, 0.6) is 5.88 Å². The number of carbonyl (C=O) groups excluding carboxylic acids is 1. The Morgan fingerprint density at radius 1 is 1.46 bits per heavy atom. The summed E-state index contributed by atoms with van der Waals surface area (Å²) in [5.41, 5.74) is -0.866. The molecule has 0 N–H and O–H groups in total. The number of hydrogen-bond acceptors (Lipinski definition) is 5. The fourth-order valence-electron chi connectivity index (χ4n) is 1.95. The van der Waals surface area contributed by atoms with Gasteiger partial charge < -0.3 is 9.64 Å². The Hall–Kier alpha value is -1.88. The lowest BCUT2D eigenvalue weighted by Gasteiger charge is -2.39. The van der Waals surface area contributed by atoms with Gasteiger partial charge in [0.2, 0.25) is 21.8 Å². The van der Waals surface area contributed by atoms with Gasteiger partial charge in [-0.05, 0) is 6.07 Å². The van der Waals surface area contributed by atoms with E-state index >= 15 is 0 Å². The molecule has 2 rings (SSSR count). The molecule has 0 aliphatic carbocycles. The molecule has 1 saturated heterocycles. The lowest BCUT2D eigenvalue weighted by Crippen LogP contribution is -2.58. The second-order valence-corrected chi connectivity index (χ2v) is 7.53. The number of alkyl halides is 3. The van der Waals surface area contributed by atoms with Crippen LogP contribution in [0.4, 0.5) is 13.2 Å². The summed E-state index contributed by atoms with van der Waals surface area (Å²) in [6.45, 7) is 0.0239. The Balaban J connectivity index is 1.86. The molecule has 0 unspecified atom stereocenters. The average molecular weight is 367 g/mol. The van der Waals surface area contributed by atoms with Gasteiger partial charge in [0.05, 0.1) is 31.5 Å². The van der Waals surface area contributed by atoms with Gasteiger partial charge in [-0.25, -0.2) is 13.4 Å². The van der Waals surface area contributed by atoms with Crippen LogP contribution in [0.2, 0.25) is 0 Å². The monoisotopic (exact) mass is 367 g/mol. The van der Waals surface area contributed by atoms with Crippen molar-refractivity contribution in [3.05, 3.63) is 23.9 Å². The molecular weight excluding hydrogens is 351 g/mol. The number of carbonyl (C=O) groups is 1. The molecule has 1 aliphatic heterocycles. The highest BCUT2D eigenvalue weighted by atomic mass is 32.2. The van der Waals surface area contributed by atoms with Crippen molar-refractivity contribution in [2.45, 2.75) is 12.3 Å². The van der Waals surface area contributed by atoms with Crippen LogP contribution in [0.1, 0.15) is 5.56 Å². The fourth-order valence-corrected chi connectivity index (χ4v) is 2.29. The maximum atomic E-state index is 12.6. The number of amides is 1. The number of aromatic nitrogens is 1. The van der Waals surface area contributed by atoms with Crippen molar-refractivity contribution in [3.8, 4) is 5.88 Å². The van der Waals surface area contributed by atoms with Gasteiger partial charge >= 0.3 is 6.18 Å². The van der Waals surface area contributed by atoms with E-state index in [1.54, 1.807) is 0 Å². The third-order valence-corrected chi connectivity index (χ3v) is 4.74.